The number of methoxy groups -OCH3 is 3. The second kappa shape index (κ2) is 10.6. The first-order valence-corrected chi connectivity index (χ1v) is 11.6. The van der Waals surface area contributed by atoms with Gasteiger partial charge in [0, 0.05) is 11.0 Å². The van der Waals surface area contributed by atoms with Crippen molar-refractivity contribution in [3.05, 3.63) is 69.8 Å². The summed E-state index contributed by atoms with van der Waals surface area (Å²) in [5.74, 6) is 0.557. The number of ether oxygens (including phenoxy) is 5. The molecule has 1 aromatic heterocycles. The third-order valence-electron chi connectivity index (χ3n) is 5.42. The second-order valence-corrected chi connectivity index (χ2v) is 8.60. The van der Waals surface area contributed by atoms with Crippen molar-refractivity contribution in [2.75, 3.05) is 28.1 Å². The smallest absolute Gasteiger partial charge is 0.306 e. The number of benzene rings is 2. The number of esters is 1. The van der Waals surface area contributed by atoms with E-state index >= 15 is 0 Å². The third-order valence-corrected chi connectivity index (χ3v) is 6.44. The van der Waals surface area contributed by atoms with Gasteiger partial charge in [0.1, 0.15) is 11.5 Å². The molecule has 0 bridgehead atoms. The molecular weight excluding hydrogens is 476 g/mol. The Hall–Kier alpha value is -3.79. The SMILES string of the molecule is COC(=O)C[C@@H](c1cc(OC)c2c(c1)OCO2)c1oc(CSc2cccc(OC)c2)cc(=O)c1O. The van der Waals surface area contributed by atoms with Crippen LogP contribution in [0.15, 0.2) is 56.6 Å². The van der Waals surface area contributed by atoms with E-state index in [1.165, 1.54) is 32.0 Å². The minimum Gasteiger partial charge on any atom is -0.502 e. The maximum Gasteiger partial charge on any atom is 0.306 e. The quantitative estimate of drug-likeness (QED) is 0.341. The highest BCUT2D eigenvalue weighted by Gasteiger charge is 2.30. The number of hydrogen-bond acceptors (Lipinski definition) is 10. The summed E-state index contributed by atoms with van der Waals surface area (Å²) in [5.41, 5.74) is -0.0948. The molecule has 0 radical (unpaired) electrons. The topological polar surface area (TPSA) is 114 Å². The molecular formula is C25H24O9S. The molecule has 0 spiro atoms. The lowest BCUT2D eigenvalue weighted by atomic mass is 9.91. The highest BCUT2D eigenvalue weighted by Crippen LogP contribution is 2.45. The van der Waals surface area contributed by atoms with Gasteiger partial charge in [0.05, 0.1) is 39.4 Å². The summed E-state index contributed by atoms with van der Waals surface area (Å²) in [7, 11) is 4.32. The first kappa shape index (κ1) is 24.3. The van der Waals surface area contributed by atoms with Gasteiger partial charge < -0.3 is 33.2 Å². The lowest BCUT2D eigenvalue weighted by molar-refractivity contribution is -0.140. The Morgan fingerprint density at radius 2 is 1.94 bits per heavy atom. The molecule has 0 fully saturated rings. The molecule has 2 aromatic carbocycles. The lowest BCUT2D eigenvalue weighted by Gasteiger charge is -2.19. The number of thioether (sulfide) groups is 1. The minimum absolute atomic E-state index is 0.0220. The summed E-state index contributed by atoms with van der Waals surface area (Å²) in [5, 5.41) is 10.6. The molecule has 10 heteroatoms. The molecule has 184 valence electrons. The number of aromatic hydroxyl groups is 1. The van der Waals surface area contributed by atoms with Crippen molar-refractivity contribution in [3.63, 3.8) is 0 Å². The Labute approximate surface area is 205 Å². The number of hydrogen-bond donors (Lipinski definition) is 1. The molecule has 3 aromatic rings. The summed E-state index contributed by atoms with van der Waals surface area (Å²) in [6.45, 7) is 0.0220. The number of fused-ring (bicyclic) bond motifs is 1. The summed E-state index contributed by atoms with van der Waals surface area (Å²) < 4.78 is 32.5. The van der Waals surface area contributed by atoms with Crippen LogP contribution in [0, 0.1) is 0 Å². The summed E-state index contributed by atoms with van der Waals surface area (Å²) in [6, 6.07) is 12.0. The highest BCUT2D eigenvalue weighted by molar-refractivity contribution is 7.98. The fraction of sp³-hybridized carbons (Fsp3) is 0.280. The van der Waals surface area contributed by atoms with E-state index in [0.717, 1.165) is 4.90 Å². The van der Waals surface area contributed by atoms with Crippen LogP contribution >= 0.6 is 11.8 Å². The van der Waals surface area contributed by atoms with Crippen LogP contribution in [0.3, 0.4) is 0 Å². The van der Waals surface area contributed by atoms with E-state index in [-0.39, 0.29) is 19.0 Å². The van der Waals surface area contributed by atoms with Gasteiger partial charge in [-0.3, -0.25) is 9.59 Å². The Morgan fingerprint density at radius 3 is 2.69 bits per heavy atom. The van der Waals surface area contributed by atoms with Crippen LogP contribution in [0.25, 0.3) is 0 Å². The van der Waals surface area contributed by atoms with Gasteiger partial charge >= 0.3 is 5.97 Å². The molecule has 0 aliphatic carbocycles. The molecule has 0 saturated heterocycles. The maximum atomic E-state index is 12.6. The zero-order chi connectivity index (χ0) is 24.9. The largest absolute Gasteiger partial charge is 0.502 e. The first-order chi connectivity index (χ1) is 16.9. The predicted octanol–water partition coefficient (Wildman–Crippen LogP) is 4.08. The monoisotopic (exact) mass is 500 g/mol. The molecule has 0 amide bonds. The molecule has 0 saturated carbocycles. The molecule has 4 rings (SSSR count). The third kappa shape index (κ3) is 5.32. The van der Waals surface area contributed by atoms with E-state index in [9.17, 15) is 14.7 Å². The lowest BCUT2D eigenvalue weighted by Crippen LogP contribution is -2.14. The van der Waals surface area contributed by atoms with Gasteiger partial charge in [0.15, 0.2) is 17.3 Å². The standard InChI is InChI=1S/C25H24O9S/c1-29-15-5-4-6-17(9-15)35-12-16-10-19(26)23(28)24(34-16)18(11-22(27)31-3)14-7-20(30-2)25-21(8-14)32-13-33-25/h4-10,18,28H,11-13H2,1-3H3/t18-/m0/s1. The zero-order valence-electron chi connectivity index (χ0n) is 19.4. The second-order valence-electron chi connectivity index (χ2n) is 7.55. The Bertz CT molecular complexity index is 1280. The van der Waals surface area contributed by atoms with Crippen LogP contribution in [0.2, 0.25) is 0 Å². The molecule has 0 unspecified atom stereocenters. The van der Waals surface area contributed by atoms with Crippen LogP contribution in [-0.4, -0.2) is 39.2 Å². The summed E-state index contributed by atoms with van der Waals surface area (Å²) in [4.78, 5) is 25.8. The zero-order valence-corrected chi connectivity index (χ0v) is 20.2. The molecule has 2 heterocycles. The Kier molecular flexibility index (Phi) is 7.40. The van der Waals surface area contributed by atoms with Crippen molar-refractivity contribution >= 4 is 17.7 Å². The average molecular weight is 501 g/mol. The number of carbonyl (C=O) groups excluding carboxylic acids is 1. The van der Waals surface area contributed by atoms with Crippen molar-refractivity contribution in [1.29, 1.82) is 0 Å². The maximum absolute atomic E-state index is 12.6. The van der Waals surface area contributed by atoms with Crippen LogP contribution in [0.5, 0.6) is 28.7 Å². The molecule has 1 aliphatic heterocycles. The van der Waals surface area contributed by atoms with Crippen LogP contribution < -0.4 is 24.4 Å². The fourth-order valence-corrected chi connectivity index (χ4v) is 4.50. The molecule has 35 heavy (non-hydrogen) atoms. The van der Waals surface area contributed by atoms with Crippen molar-refractivity contribution < 1.29 is 38.0 Å². The van der Waals surface area contributed by atoms with Gasteiger partial charge in [-0.2, -0.15) is 0 Å². The van der Waals surface area contributed by atoms with Gasteiger partial charge in [0.2, 0.25) is 23.7 Å². The van der Waals surface area contributed by atoms with Gasteiger partial charge in [-0.1, -0.05) is 6.07 Å². The van der Waals surface area contributed by atoms with Gasteiger partial charge in [0.25, 0.3) is 0 Å². The van der Waals surface area contributed by atoms with Gasteiger partial charge in [-0.05, 0) is 35.9 Å². The summed E-state index contributed by atoms with van der Waals surface area (Å²) in [6.07, 6.45) is -0.192. The van der Waals surface area contributed by atoms with Crippen molar-refractivity contribution in [3.8, 4) is 28.7 Å². The van der Waals surface area contributed by atoms with E-state index in [1.807, 2.05) is 24.3 Å². The fourth-order valence-electron chi connectivity index (χ4n) is 3.67. The molecule has 1 aliphatic rings. The van der Waals surface area contributed by atoms with E-state index in [4.69, 9.17) is 28.1 Å². The van der Waals surface area contributed by atoms with E-state index in [1.54, 1.807) is 19.2 Å². The van der Waals surface area contributed by atoms with Crippen molar-refractivity contribution in [2.45, 2.75) is 23.0 Å². The summed E-state index contributed by atoms with van der Waals surface area (Å²) >= 11 is 1.43. The van der Waals surface area contributed by atoms with Gasteiger partial charge in [-0.25, -0.2) is 0 Å². The van der Waals surface area contributed by atoms with E-state index < -0.39 is 23.1 Å². The molecule has 9 nitrogen and oxygen atoms in total. The van der Waals surface area contributed by atoms with Crippen molar-refractivity contribution in [1.82, 2.24) is 0 Å². The normalized spacial score (nSPS) is 12.8. The van der Waals surface area contributed by atoms with Crippen molar-refractivity contribution in [2.24, 2.45) is 0 Å². The van der Waals surface area contributed by atoms with E-state index in [2.05, 4.69) is 0 Å². The van der Waals surface area contributed by atoms with E-state index in [0.29, 0.717) is 40.1 Å². The Morgan fingerprint density at radius 1 is 1.11 bits per heavy atom. The Balaban J connectivity index is 1.72. The predicted molar refractivity (Wildman–Crippen MR) is 127 cm³/mol. The molecule has 1 atom stereocenters. The molecule has 1 N–H and O–H groups in total. The average Bonchev–Trinajstić information content (AvgIpc) is 3.36. The first-order valence-electron chi connectivity index (χ1n) is 10.6. The number of carbonyl (C=O) groups is 1. The number of rotatable bonds is 9. The minimum atomic E-state index is -0.847. The van der Waals surface area contributed by atoms with Crippen LogP contribution in [-0.2, 0) is 15.3 Å². The van der Waals surface area contributed by atoms with Crippen LogP contribution in [0.4, 0.5) is 0 Å². The van der Waals surface area contributed by atoms with Gasteiger partial charge in [-0.15, -0.1) is 11.8 Å². The van der Waals surface area contributed by atoms with Crippen LogP contribution in [0.1, 0.15) is 29.4 Å². The highest BCUT2D eigenvalue weighted by atomic mass is 32.2.